The highest BCUT2D eigenvalue weighted by Gasteiger charge is 2.01. The highest BCUT2D eigenvalue weighted by atomic mass is 35.5. The molecule has 0 saturated carbocycles. The van der Waals surface area contributed by atoms with E-state index in [2.05, 4.69) is 0 Å². The Bertz CT molecular complexity index is 250. The van der Waals surface area contributed by atoms with Crippen LogP contribution in [-0.4, -0.2) is 7.11 Å². The molecule has 1 rings (SSSR count). The predicted molar refractivity (Wildman–Crippen MR) is 42.5 cm³/mol. The van der Waals surface area contributed by atoms with Crippen molar-refractivity contribution < 1.29 is 9.13 Å². The molecule has 11 heavy (non-hydrogen) atoms. The summed E-state index contributed by atoms with van der Waals surface area (Å²) >= 11 is 5.54. The summed E-state index contributed by atoms with van der Waals surface area (Å²) in [6, 6.07) is 4.27. The van der Waals surface area contributed by atoms with Crippen LogP contribution in [0.3, 0.4) is 0 Å². The number of alkyl halides is 1. The molecule has 0 radical (unpaired) electrons. The van der Waals surface area contributed by atoms with Crippen LogP contribution in [-0.2, 0) is 5.88 Å². The maximum Gasteiger partial charge on any atom is 0.123 e. The minimum Gasteiger partial charge on any atom is -0.496 e. The Morgan fingerprint density at radius 2 is 2.27 bits per heavy atom. The molecule has 0 fully saturated rings. The van der Waals surface area contributed by atoms with E-state index >= 15 is 0 Å². The minimum atomic E-state index is -0.290. The van der Waals surface area contributed by atoms with Crippen LogP contribution in [0.25, 0.3) is 0 Å². The molecule has 1 nitrogen and oxygen atoms in total. The highest BCUT2D eigenvalue weighted by molar-refractivity contribution is 6.17. The SMILES string of the molecule is COc1ccc(F)cc1CCl. The smallest absolute Gasteiger partial charge is 0.123 e. The van der Waals surface area contributed by atoms with E-state index in [0.29, 0.717) is 11.3 Å². The normalized spacial score (nSPS) is 9.73. The van der Waals surface area contributed by atoms with Crippen molar-refractivity contribution in [1.29, 1.82) is 0 Å². The average molecular weight is 175 g/mol. The van der Waals surface area contributed by atoms with Gasteiger partial charge in [0.2, 0.25) is 0 Å². The van der Waals surface area contributed by atoms with Gasteiger partial charge in [-0.05, 0) is 18.2 Å². The fraction of sp³-hybridized carbons (Fsp3) is 0.250. The second kappa shape index (κ2) is 3.58. The van der Waals surface area contributed by atoms with Crippen LogP contribution in [0.15, 0.2) is 18.2 Å². The lowest BCUT2D eigenvalue weighted by Crippen LogP contribution is -1.89. The lowest BCUT2D eigenvalue weighted by atomic mass is 10.2. The third-order valence-electron chi connectivity index (χ3n) is 1.39. The molecule has 0 aliphatic rings. The van der Waals surface area contributed by atoms with Gasteiger partial charge in [-0.1, -0.05) is 0 Å². The van der Waals surface area contributed by atoms with Crippen molar-refractivity contribution in [3.8, 4) is 5.75 Å². The van der Waals surface area contributed by atoms with Crippen molar-refractivity contribution in [2.75, 3.05) is 7.11 Å². The fourth-order valence-electron chi connectivity index (χ4n) is 0.852. The number of rotatable bonds is 2. The van der Waals surface area contributed by atoms with Crippen LogP contribution >= 0.6 is 11.6 Å². The first-order chi connectivity index (χ1) is 5.27. The summed E-state index contributed by atoms with van der Waals surface area (Å²) in [5.41, 5.74) is 0.675. The van der Waals surface area contributed by atoms with E-state index in [1.165, 1.54) is 19.2 Å². The monoisotopic (exact) mass is 174 g/mol. The molecule has 1 aromatic rings. The van der Waals surface area contributed by atoms with E-state index in [-0.39, 0.29) is 11.7 Å². The van der Waals surface area contributed by atoms with Crippen molar-refractivity contribution in [1.82, 2.24) is 0 Å². The van der Waals surface area contributed by atoms with Crippen molar-refractivity contribution >= 4 is 11.6 Å². The molecule has 0 saturated heterocycles. The third-order valence-corrected chi connectivity index (χ3v) is 1.67. The van der Waals surface area contributed by atoms with E-state index in [1.54, 1.807) is 6.07 Å². The van der Waals surface area contributed by atoms with Crippen molar-refractivity contribution in [2.45, 2.75) is 5.88 Å². The molecule has 0 unspecified atom stereocenters. The topological polar surface area (TPSA) is 9.23 Å². The molecule has 0 heterocycles. The first-order valence-corrected chi connectivity index (χ1v) is 3.69. The Balaban J connectivity index is 3.06. The van der Waals surface area contributed by atoms with Crippen molar-refractivity contribution in [3.05, 3.63) is 29.6 Å². The number of benzene rings is 1. The van der Waals surface area contributed by atoms with Gasteiger partial charge >= 0.3 is 0 Å². The van der Waals surface area contributed by atoms with E-state index in [1.807, 2.05) is 0 Å². The summed E-state index contributed by atoms with van der Waals surface area (Å²) in [4.78, 5) is 0. The molecular formula is C8H8ClFO. The third kappa shape index (κ3) is 1.84. The second-order valence-corrected chi connectivity index (χ2v) is 2.36. The summed E-state index contributed by atoms with van der Waals surface area (Å²) in [6.07, 6.45) is 0. The molecule has 0 aliphatic carbocycles. The highest BCUT2D eigenvalue weighted by Crippen LogP contribution is 2.20. The number of ether oxygens (including phenoxy) is 1. The van der Waals surface area contributed by atoms with E-state index in [0.717, 1.165) is 0 Å². The zero-order valence-corrected chi connectivity index (χ0v) is 6.86. The Morgan fingerprint density at radius 3 is 2.82 bits per heavy atom. The van der Waals surface area contributed by atoms with E-state index in [4.69, 9.17) is 16.3 Å². The molecule has 0 spiro atoms. The molecule has 0 atom stereocenters. The second-order valence-electron chi connectivity index (χ2n) is 2.09. The first-order valence-electron chi connectivity index (χ1n) is 3.16. The predicted octanol–water partition coefficient (Wildman–Crippen LogP) is 2.57. The van der Waals surface area contributed by atoms with Crippen LogP contribution in [0.2, 0.25) is 0 Å². The Morgan fingerprint density at radius 1 is 1.55 bits per heavy atom. The molecule has 1 aromatic carbocycles. The maximum atomic E-state index is 12.6. The van der Waals surface area contributed by atoms with Gasteiger partial charge in [0, 0.05) is 5.56 Å². The first kappa shape index (κ1) is 8.34. The van der Waals surface area contributed by atoms with Gasteiger partial charge in [-0.25, -0.2) is 4.39 Å². The quantitative estimate of drug-likeness (QED) is 0.627. The fourth-order valence-corrected chi connectivity index (χ4v) is 1.06. The average Bonchev–Trinajstić information content (AvgIpc) is 2.04. The summed E-state index contributed by atoms with van der Waals surface area (Å²) in [5.74, 6) is 0.601. The summed E-state index contributed by atoms with van der Waals surface area (Å²) < 4.78 is 17.5. The van der Waals surface area contributed by atoms with Crippen LogP contribution in [0.1, 0.15) is 5.56 Å². The Labute approximate surface area is 69.7 Å². The van der Waals surface area contributed by atoms with Gasteiger partial charge < -0.3 is 4.74 Å². The van der Waals surface area contributed by atoms with Gasteiger partial charge in [0.05, 0.1) is 13.0 Å². The number of hydrogen-bond donors (Lipinski definition) is 0. The number of methoxy groups -OCH3 is 1. The molecule has 60 valence electrons. The van der Waals surface area contributed by atoms with Crippen LogP contribution < -0.4 is 4.74 Å². The van der Waals surface area contributed by atoms with Gasteiger partial charge in [0.1, 0.15) is 11.6 Å². The number of hydrogen-bond acceptors (Lipinski definition) is 1. The van der Waals surface area contributed by atoms with Gasteiger partial charge in [0.15, 0.2) is 0 Å². The van der Waals surface area contributed by atoms with Crippen LogP contribution in [0, 0.1) is 5.82 Å². The molecule has 3 heteroatoms. The molecule has 0 aliphatic heterocycles. The molecule has 0 amide bonds. The largest absolute Gasteiger partial charge is 0.496 e. The summed E-state index contributed by atoms with van der Waals surface area (Å²) in [5, 5.41) is 0. The molecule has 0 bridgehead atoms. The maximum absolute atomic E-state index is 12.6. The van der Waals surface area contributed by atoms with Gasteiger partial charge in [-0.2, -0.15) is 0 Å². The molecule has 0 aromatic heterocycles. The summed E-state index contributed by atoms with van der Waals surface area (Å²) in [7, 11) is 1.53. The van der Waals surface area contributed by atoms with Crippen LogP contribution in [0.4, 0.5) is 4.39 Å². The van der Waals surface area contributed by atoms with Crippen molar-refractivity contribution in [2.24, 2.45) is 0 Å². The van der Waals surface area contributed by atoms with E-state index < -0.39 is 0 Å². The van der Waals surface area contributed by atoms with Gasteiger partial charge in [-0.3, -0.25) is 0 Å². The zero-order valence-electron chi connectivity index (χ0n) is 6.10. The van der Waals surface area contributed by atoms with E-state index in [9.17, 15) is 4.39 Å². The Kier molecular flexibility index (Phi) is 2.71. The minimum absolute atomic E-state index is 0.265. The standard InChI is InChI=1S/C8H8ClFO/c1-11-8-3-2-7(10)4-6(8)5-9/h2-4H,5H2,1H3. The molecule has 0 N–H and O–H groups in total. The van der Waals surface area contributed by atoms with Crippen LogP contribution in [0.5, 0.6) is 5.75 Å². The lowest BCUT2D eigenvalue weighted by Gasteiger charge is -2.04. The summed E-state index contributed by atoms with van der Waals surface area (Å²) in [6.45, 7) is 0. The van der Waals surface area contributed by atoms with Crippen molar-refractivity contribution in [3.63, 3.8) is 0 Å². The number of halogens is 2. The molecular weight excluding hydrogens is 167 g/mol. The lowest BCUT2D eigenvalue weighted by molar-refractivity contribution is 0.410. The van der Waals surface area contributed by atoms with Gasteiger partial charge in [-0.15, -0.1) is 11.6 Å². The zero-order chi connectivity index (χ0) is 8.27. The van der Waals surface area contributed by atoms with Gasteiger partial charge in [0.25, 0.3) is 0 Å². The Hall–Kier alpha value is -0.760.